The molecule has 0 spiro atoms. The maximum atomic E-state index is 12.6. The molecule has 6 heteroatoms. The summed E-state index contributed by atoms with van der Waals surface area (Å²) in [5.41, 5.74) is 7.91. The molecule has 0 unspecified atom stereocenters. The second-order valence-electron chi connectivity index (χ2n) is 7.84. The van der Waals surface area contributed by atoms with E-state index in [1.165, 1.54) is 16.2 Å². The van der Waals surface area contributed by atoms with Crippen molar-refractivity contribution >= 4 is 44.1 Å². The second-order valence-corrected chi connectivity index (χ2v) is 9.86. The van der Waals surface area contributed by atoms with Crippen molar-refractivity contribution in [3.05, 3.63) is 50.3 Å². The van der Waals surface area contributed by atoms with Gasteiger partial charge in [0, 0.05) is 14.9 Å². The van der Waals surface area contributed by atoms with E-state index in [0.717, 1.165) is 29.3 Å². The Labute approximate surface area is 166 Å². The van der Waals surface area contributed by atoms with Gasteiger partial charge in [0.25, 0.3) is 11.8 Å². The van der Waals surface area contributed by atoms with Crippen LogP contribution in [-0.4, -0.2) is 11.8 Å². The number of halogens is 1. The van der Waals surface area contributed by atoms with E-state index < -0.39 is 5.91 Å². The van der Waals surface area contributed by atoms with Crippen molar-refractivity contribution in [2.75, 3.05) is 5.32 Å². The number of nitrogens with two attached hydrogens (primary N) is 1. The Bertz CT molecular complexity index is 867. The van der Waals surface area contributed by atoms with Gasteiger partial charge in [-0.1, -0.05) is 42.8 Å². The summed E-state index contributed by atoms with van der Waals surface area (Å²) in [5, 5.41) is 3.48. The highest BCUT2D eigenvalue weighted by molar-refractivity contribution is 9.10. The molecule has 0 saturated carbocycles. The summed E-state index contributed by atoms with van der Waals surface area (Å²) in [6.45, 7) is 6.75. The fraction of sp³-hybridized carbons (Fsp3) is 0.400. The van der Waals surface area contributed by atoms with Crippen molar-refractivity contribution in [2.45, 2.75) is 40.0 Å². The van der Waals surface area contributed by atoms with Crippen molar-refractivity contribution in [1.29, 1.82) is 0 Å². The molecular formula is C20H23BrN2O2S. The number of hydrogen-bond acceptors (Lipinski definition) is 3. The number of thiophene rings is 1. The van der Waals surface area contributed by atoms with Crippen molar-refractivity contribution < 1.29 is 9.59 Å². The molecule has 1 aromatic carbocycles. The number of hydrogen-bond donors (Lipinski definition) is 2. The van der Waals surface area contributed by atoms with Gasteiger partial charge in [-0.25, -0.2) is 0 Å². The number of primary amides is 1. The van der Waals surface area contributed by atoms with Crippen molar-refractivity contribution in [1.82, 2.24) is 0 Å². The molecular weight excluding hydrogens is 412 g/mol. The normalized spacial score (nSPS) is 16.8. The number of rotatable bonds is 3. The van der Waals surface area contributed by atoms with E-state index in [4.69, 9.17) is 5.73 Å². The first-order valence-electron chi connectivity index (χ1n) is 8.68. The maximum absolute atomic E-state index is 12.6. The van der Waals surface area contributed by atoms with E-state index in [2.05, 4.69) is 42.0 Å². The van der Waals surface area contributed by atoms with Gasteiger partial charge >= 0.3 is 0 Å². The summed E-state index contributed by atoms with van der Waals surface area (Å²) >= 11 is 4.87. The summed E-state index contributed by atoms with van der Waals surface area (Å²) in [4.78, 5) is 25.9. The van der Waals surface area contributed by atoms with Crippen molar-refractivity contribution in [3.8, 4) is 0 Å². The van der Waals surface area contributed by atoms with Crippen LogP contribution in [0, 0.1) is 11.3 Å². The van der Waals surface area contributed by atoms with E-state index in [9.17, 15) is 9.59 Å². The standard InChI is InChI=1S/C20H23BrN2O2S/c1-20(2,3)12-7-8-14-15(10-12)26-19(16(14)17(22)24)23-18(25)11-5-4-6-13(21)9-11/h4-6,9,12H,7-8,10H2,1-3H3,(H2,22,24)(H,23,25)/t12-/m0/s1. The lowest BCUT2D eigenvalue weighted by Crippen LogP contribution is -2.27. The first kappa shape index (κ1) is 19.1. The summed E-state index contributed by atoms with van der Waals surface area (Å²) in [6, 6.07) is 7.17. The third kappa shape index (κ3) is 3.86. The van der Waals surface area contributed by atoms with Crippen LogP contribution in [0.5, 0.6) is 0 Å². The SMILES string of the molecule is CC(C)(C)[C@H]1CCc2c(sc(NC(=O)c3cccc(Br)c3)c2C(N)=O)C1. The molecule has 2 amide bonds. The number of anilines is 1. The number of carbonyl (C=O) groups is 2. The van der Waals surface area contributed by atoms with Crippen LogP contribution in [0.3, 0.4) is 0 Å². The fourth-order valence-electron chi connectivity index (χ4n) is 3.48. The number of benzene rings is 1. The largest absolute Gasteiger partial charge is 0.365 e. The highest BCUT2D eigenvalue weighted by Gasteiger charge is 2.33. The van der Waals surface area contributed by atoms with Crippen LogP contribution < -0.4 is 11.1 Å². The molecule has 1 heterocycles. The Balaban J connectivity index is 1.92. The topological polar surface area (TPSA) is 72.2 Å². The van der Waals surface area contributed by atoms with E-state index in [1.807, 2.05) is 6.07 Å². The average Bonchev–Trinajstić information content (AvgIpc) is 2.91. The van der Waals surface area contributed by atoms with Crippen molar-refractivity contribution in [3.63, 3.8) is 0 Å². The minimum atomic E-state index is -0.471. The van der Waals surface area contributed by atoms with Crippen LogP contribution in [0.15, 0.2) is 28.7 Å². The molecule has 0 bridgehead atoms. The zero-order valence-corrected chi connectivity index (χ0v) is 17.6. The van der Waals surface area contributed by atoms with E-state index in [0.29, 0.717) is 22.0 Å². The maximum Gasteiger partial charge on any atom is 0.256 e. The molecule has 0 radical (unpaired) electrons. The van der Waals surface area contributed by atoms with Gasteiger partial charge in [0.05, 0.1) is 5.56 Å². The lowest BCUT2D eigenvalue weighted by atomic mass is 9.72. The molecule has 26 heavy (non-hydrogen) atoms. The summed E-state index contributed by atoms with van der Waals surface area (Å²) in [7, 11) is 0. The number of amides is 2. The predicted molar refractivity (Wildman–Crippen MR) is 110 cm³/mol. The number of fused-ring (bicyclic) bond motifs is 1. The van der Waals surface area contributed by atoms with Gasteiger partial charge in [-0.05, 0) is 54.4 Å². The molecule has 1 aliphatic carbocycles. The van der Waals surface area contributed by atoms with E-state index >= 15 is 0 Å². The molecule has 1 atom stereocenters. The minimum absolute atomic E-state index is 0.217. The van der Waals surface area contributed by atoms with Gasteiger partial charge in [-0.2, -0.15) is 0 Å². The molecule has 0 saturated heterocycles. The van der Waals surface area contributed by atoms with Crippen LogP contribution >= 0.6 is 27.3 Å². The molecule has 2 aromatic rings. The quantitative estimate of drug-likeness (QED) is 0.711. The highest BCUT2D eigenvalue weighted by Crippen LogP contribution is 2.44. The molecule has 1 aliphatic rings. The first-order chi connectivity index (χ1) is 12.2. The molecule has 1 aromatic heterocycles. The number of carbonyl (C=O) groups excluding carboxylic acids is 2. The lowest BCUT2D eigenvalue weighted by molar-refractivity contribution is 0.1000. The van der Waals surface area contributed by atoms with Gasteiger partial charge in [0.1, 0.15) is 5.00 Å². The Hall–Kier alpha value is -1.66. The Morgan fingerprint density at radius 1 is 1.31 bits per heavy atom. The van der Waals surface area contributed by atoms with Crippen LogP contribution in [0.1, 0.15) is 58.3 Å². The molecule has 3 rings (SSSR count). The van der Waals surface area contributed by atoms with Gasteiger partial charge in [0.15, 0.2) is 0 Å². The second kappa shape index (κ2) is 7.16. The van der Waals surface area contributed by atoms with Crippen LogP contribution in [0.4, 0.5) is 5.00 Å². The van der Waals surface area contributed by atoms with Crippen molar-refractivity contribution in [2.24, 2.45) is 17.1 Å². The van der Waals surface area contributed by atoms with Crippen LogP contribution in [0.2, 0.25) is 0 Å². The average molecular weight is 435 g/mol. The smallest absolute Gasteiger partial charge is 0.256 e. The predicted octanol–water partition coefficient (Wildman–Crippen LogP) is 5.01. The molecule has 138 valence electrons. The van der Waals surface area contributed by atoms with E-state index in [-0.39, 0.29) is 11.3 Å². The zero-order valence-electron chi connectivity index (χ0n) is 15.2. The molecule has 0 aliphatic heterocycles. The third-order valence-corrected chi connectivity index (χ3v) is 6.71. The van der Waals surface area contributed by atoms with Gasteiger partial charge < -0.3 is 11.1 Å². The third-order valence-electron chi connectivity index (χ3n) is 5.05. The minimum Gasteiger partial charge on any atom is -0.365 e. The summed E-state index contributed by atoms with van der Waals surface area (Å²) in [5.74, 6) is -0.149. The Morgan fingerprint density at radius 2 is 2.04 bits per heavy atom. The molecule has 3 N–H and O–H groups in total. The van der Waals surface area contributed by atoms with Crippen LogP contribution in [-0.2, 0) is 12.8 Å². The van der Waals surface area contributed by atoms with E-state index in [1.54, 1.807) is 18.2 Å². The monoisotopic (exact) mass is 434 g/mol. The fourth-order valence-corrected chi connectivity index (χ4v) is 5.21. The van der Waals surface area contributed by atoms with Gasteiger partial charge in [0.2, 0.25) is 0 Å². The zero-order chi connectivity index (χ0) is 19.1. The molecule has 0 fully saturated rings. The summed E-state index contributed by atoms with van der Waals surface area (Å²) < 4.78 is 0.832. The van der Waals surface area contributed by atoms with Crippen LogP contribution in [0.25, 0.3) is 0 Å². The molecule has 4 nitrogen and oxygen atoms in total. The lowest BCUT2D eigenvalue weighted by Gasteiger charge is -2.33. The number of nitrogens with one attached hydrogen (secondary N) is 1. The summed E-state index contributed by atoms with van der Waals surface area (Å²) in [6.07, 6.45) is 2.79. The Morgan fingerprint density at radius 3 is 2.65 bits per heavy atom. The van der Waals surface area contributed by atoms with Gasteiger partial charge in [-0.3, -0.25) is 9.59 Å². The Kier molecular flexibility index (Phi) is 5.26. The first-order valence-corrected chi connectivity index (χ1v) is 10.3. The van der Waals surface area contributed by atoms with Gasteiger partial charge in [-0.15, -0.1) is 11.3 Å². The highest BCUT2D eigenvalue weighted by atomic mass is 79.9.